The minimum atomic E-state index is -0.174. The molecule has 0 atom stereocenters. The third kappa shape index (κ3) is 3.15. The van der Waals surface area contributed by atoms with Crippen LogP contribution < -0.4 is 10.1 Å². The maximum absolute atomic E-state index is 12.2. The van der Waals surface area contributed by atoms with Crippen molar-refractivity contribution in [3.8, 4) is 5.75 Å². The number of hydrogen-bond donors (Lipinski definition) is 1. The van der Waals surface area contributed by atoms with Crippen molar-refractivity contribution < 1.29 is 9.53 Å². The minimum Gasteiger partial charge on any atom is -0.495 e. The molecule has 1 heterocycles. The third-order valence-corrected chi connectivity index (χ3v) is 3.08. The Labute approximate surface area is 118 Å². The molecule has 0 radical (unpaired) electrons. The van der Waals surface area contributed by atoms with Gasteiger partial charge in [-0.1, -0.05) is 19.9 Å². The number of anilines is 1. The number of carbonyl (C=O) groups is 1. The molecule has 20 heavy (non-hydrogen) atoms. The zero-order valence-electron chi connectivity index (χ0n) is 11.9. The number of aromatic nitrogens is 1. The van der Waals surface area contributed by atoms with Gasteiger partial charge in [0.05, 0.1) is 12.8 Å². The number of ether oxygens (including phenoxy) is 1. The lowest BCUT2D eigenvalue weighted by molar-refractivity contribution is 0.102. The first-order valence-corrected chi connectivity index (χ1v) is 6.51. The highest BCUT2D eigenvalue weighted by Gasteiger charge is 2.11. The van der Waals surface area contributed by atoms with Crippen molar-refractivity contribution in [3.63, 3.8) is 0 Å². The Bertz CT molecular complexity index is 595. The molecular formula is C16H18N2O2. The number of amides is 1. The number of carbonyl (C=O) groups excluding carboxylic acids is 1. The molecule has 0 fully saturated rings. The van der Waals surface area contributed by atoms with Crippen LogP contribution in [0.5, 0.6) is 5.75 Å². The normalized spacial score (nSPS) is 10.4. The van der Waals surface area contributed by atoms with Crippen molar-refractivity contribution in [1.29, 1.82) is 0 Å². The van der Waals surface area contributed by atoms with Gasteiger partial charge in [-0.3, -0.25) is 9.78 Å². The van der Waals surface area contributed by atoms with E-state index in [4.69, 9.17) is 4.74 Å². The zero-order chi connectivity index (χ0) is 14.5. The molecule has 1 aromatic carbocycles. The van der Waals surface area contributed by atoms with E-state index in [9.17, 15) is 4.79 Å². The van der Waals surface area contributed by atoms with Crippen LogP contribution in [0.1, 0.15) is 35.7 Å². The van der Waals surface area contributed by atoms with E-state index in [1.165, 1.54) is 0 Å². The highest BCUT2D eigenvalue weighted by Crippen LogP contribution is 2.29. The molecule has 0 aliphatic rings. The van der Waals surface area contributed by atoms with E-state index in [0.717, 1.165) is 5.56 Å². The second-order valence-electron chi connectivity index (χ2n) is 4.80. The Morgan fingerprint density at radius 3 is 2.50 bits per heavy atom. The van der Waals surface area contributed by atoms with Crippen LogP contribution in [-0.2, 0) is 0 Å². The van der Waals surface area contributed by atoms with Crippen LogP contribution in [0.15, 0.2) is 42.7 Å². The standard InChI is InChI=1S/C16H18N2O2/c1-11(2)13-4-5-15(20-3)14(10-13)18-16(19)12-6-8-17-9-7-12/h4-11H,1-3H3,(H,18,19). The van der Waals surface area contributed by atoms with Gasteiger partial charge in [-0.05, 0) is 35.7 Å². The van der Waals surface area contributed by atoms with Gasteiger partial charge in [0.2, 0.25) is 0 Å². The van der Waals surface area contributed by atoms with Crippen LogP contribution in [0.4, 0.5) is 5.69 Å². The predicted octanol–water partition coefficient (Wildman–Crippen LogP) is 3.47. The Kier molecular flexibility index (Phi) is 4.35. The molecule has 0 bridgehead atoms. The number of hydrogen-bond acceptors (Lipinski definition) is 3. The molecular weight excluding hydrogens is 252 g/mol. The summed E-state index contributed by atoms with van der Waals surface area (Å²) in [5, 5.41) is 2.88. The summed E-state index contributed by atoms with van der Waals surface area (Å²) in [6, 6.07) is 9.17. The molecule has 2 aromatic rings. The summed E-state index contributed by atoms with van der Waals surface area (Å²) < 4.78 is 5.29. The highest BCUT2D eigenvalue weighted by atomic mass is 16.5. The quantitative estimate of drug-likeness (QED) is 0.925. The molecule has 0 saturated carbocycles. The Balaban J connectivity index is 2.28. The summed E-state index contributed by atoms with van der Waals surface area (Å²) >= 11 is 0. The molecule has 0 aliphatic carbocycles. The molecule has 4 nitrogen and oxygen atoms in total. The van der Waals surface area contributed by atoms with E-state index in [1.807, 2.05) is 18.2 Å². The van der Waals surface area contributed by atoms with Crippen LogP contribution in [0.2, 0.25) is 0 Å². The fourth-order valence-electron chi connectivity index (χ4n) is 1.88. The molecule has 1 N–H and O–H groups in total. The first kappa shape index (κ1) is 14.1. The summed E-state index contributed by atoms with van der Waals surface area (Å²) in [6.07, 6.45) is 3.19. The summed E-state index contributed by atoms with van der Waals surface area (Å²) in [5.74, 6) is 0.862. The first-order valence-electron chi connectivity index (χ1n) is 6.51. The zero-order valence-corrected chi connectivity index (χ0v) is 11.9. The van der Waals surface area contributed by atoms with Gasteiger partial charge in [-0.25, -0.2) is 0 Å². The molecule has 2 rings (SSSR count). The Morgan fingerprint density at radius 2 is 1.90 bits per heavy atom. The number of nitrogens with zero attached hydrogens (tertiary/aromatic N) is 1. The van der Waals surface area contributed by atoms with E-state index in [1.54, 1.807) is 31.6 Å². The van der Waals surface area contributed by atoms with Gasteiger partial charge in [0.25, 0.3) is 5.91 Å². The monoisotopic (exact) mass is 270 g/mol. The smallest absolute Gasteiger partial charge is 0.255 e. The maximum atomic E-state index is 12.2. The number of methoxy groups -OCH3 is 1. The minimum absolute atomic E-state index is 0.174. The molecule has 4 heteroatoms. The van der Waals surface area contributed by atoms with Gasteiger partial charge in [0, 0.05) is 18.0 Å². The Hall–Kier alpha value is -2.36. The predicted molar refractivity (Wildman–Crippen MR) is 79.3 cm³/mol. The summed E-state index contributed by atoms with van der Waals surface area (Å²) in [4.78, 5) is 16.1. The molecule has 0 aliphatic heterocycles. The number of pyridine rings is 1. The van der Waals surface area contributed by atoms with Gasteiger partial charge in [-0.2, -0.15) is 0 Å². The molecule has 0 unspecified atom stereocenters. The average molecular weight is 270 g/mol. The largest absolute Gasteiger partial charge is 0.495 e. The van der Waals surface area contributed by atoms with Gasteiger partial charge in [0.15, 0.2) is 0 Å². The fraction of sp³-hybridized carbons (Fsp3) is 0.250. The van der Waals surface area contributed by atoms with Crippen LogP contribution in [0.3, 0.4) is 0 Å². The topological polar surface area (TPSA) is 51.2 Å². The fourth-order valence-corrected chi connectivity index (χ4v) is 1.88. The van der Waals surface area contributed by atoms with E-state index < -0.39 is 0 Å². The van der Waals surface area contributed by atoms with E-state index in [0.29, 0.717) is 22.9 Å². The first-order chi connectivity index (χ1) is 9.61. The molecule has 1 amide bonds. The van der Waals surface area contributed by atoms with Crippen molar-refractivity contribution in [3.05, 3.63) is 53.9 Å². The second-order valence-corrected chi connectivity index (χ2v) is 4.80. The van der Waals surface area contributed by atoms with E-state index in [-0.39, 0.29) is 5.91 Å². The third-order valence-electron chi connectivity index (χ3n) is 3.08. The molecule has 0 saturated heterocycles. The van der Waals surface area contributed by atoms with Gasteiger partial charge in [-0.15, -0.1) is 0 Å². The second kappa shape index (κ2) is 6.19. The van der Waals surface area contributed by atoms with E-state index >= 15 is 0 Å². The van der Waals surface area contributed by atoms with Crippen molar-refractivity contribution in [2.75, 3.05) is 12.4 Å². The lowest BCUT2D eigenvalue weighted by Crippen LogP contribution is -2.13. The van der Waals surface area contributed by atoms with Gasteiger partial charge >= 0.3 is 0 Å². The van der Waals surface area contributed by atoms with Gasteiger partial charge in [0.1, 0.15) is 5.75 Å². The highest BCUT2D eigenvalue weighted by molar-refractivity contribution is 6.04. The number of nitrogens with one attached hydrogen (secondary N) is 1. The van der Waals surface area contributed by atoms with Crippen LogP contribution in [0, 0.1) is 0 Å². The van der Waals surface area contributed by atoms with Crippen LogP contribution >= 0.6 is 0 Å². The molecule has 104 valence electrons. The van der Waals surface area contributed by atoms with Crippen molar-refractivity contribution >= 4 is 11.6 Å². The van der Waals surface area contributed by atoms with Gasteiger partial charge < -0.3 is 10.1 Å². The Morgan fingerprint density at radius 1 is 1.20 bits per heavy atom. The molecule has 1 aromatic heterocycles. The van der Waals surface area contributed by atoms with Crippen LogP contribution in [-0.4, -0.2) is 18.0 Å². The summed E-state index contributed by atoms with van der Waals surface area (Å²) in [5.41, 5.74) is 2.40. The average Bonchev–Trinajstić information content (AvgIpc) is 2.48. The lowest BCUT2D eigenvalue weighted by Gasteiger charge is -2.13. The van der Waals surface area contributed by atoms with Crippen molar-refractivity contribution in [1.82, 2.24) is 4.98 Å². The summed E-state index contributed by atoms with van der Waals surface area (Å²) in [7, 11) is 1.59. The number of benzene rings is 1. The van der Waals surface area contributed by atoms with E-state index in [2.05, 4.69) is 24.1 Å². The molecule has 0 spiro atoms. The SMILES string of the molecule is COc1ccc(C(C)C)cc1NC(=O)c1ccncc1. The number of rotatable bonds is 4. The maximum Gasteiger partial charge on any atom is 0.255 e. The van der Waals surface area contributed by atoms with Crippen molar-refractivity contribution in [2.45, 2.75) is 19.8 Å². The van der Waals surface area contributed by atoms with Crippen molar-refractivity contribution in [2.24, 2.45) is 0 Å². The van der Waals surface area contributed by atoms with Crippen LogP contribution in [0.25, 0.3) is 0 Å². The lowest BCUT2D eigenvalue weighted by atomic mass is 10.0. The summed E-state index contributed by atoms with van der Waals surface area (Å²) in [6.45, 7) is 4.21.